The molecule has 6 nitrogen and oxygen atoms in total. The number of amides is 2. The molecule has 28 heavy (non-hydrogen) atoms. The number of H-pyrrole nitrogens is 1. The van der Waals surface area contributed by atoms with Gasteiger partial charge in [0.05, 0.1) is 12.8 Å². The molecule has 1 aromatic heterocycles. The molecule has 140 valence electrons. The van der Waals surface area contributed by atoms with Gasteiger partial charge in [-0.05, 0) is 24.1 Å². The van der Waals surface area contributed by atoms with E-state index in [-0.39, 0.29) is 18.4 Å². The first-order valence-electron chi connectivity index (χ1n) is 9.40. The van der Waals surface area contributed by atoms with Crippen LogP contribution in [0.2, 0.25) is 0 Å². The minimum absolute atomic E-state index is 0.0206. The van der Waals surface area contributed by atoms with Crippen molar-refractivity contribution in [1.82, 2.24) is 14.9 Å². The van der Waals surface area contributed by atoms with E-state index in [1.54, 1.807) is 11.1 Å². The Morgan fingerprint density at radius 3 is 2.68 bits per heavy atom. The Hall–Kier alpha value is -3.41. The smallest absolute Gasteiger partial charge is 0.266 e. The molecule has 3 aromatic rings. The van der Waals surface area contributed by atoms with Crippen molar-refractivity contribution in [2.45, 2.75) is 25.9 Å². The second kappa shape index (κ2) is 6.34. The molecule has 2 aromatic carbocycles. The summed E-state index contributed by atoms with van der Waals surface area (Å²) in [5.74, 6) is -0.200. The van der Waals surface area contributed by atoms with Crippen LogP contribution in [-0.2, 0) is 22.6 Å². The lowest BCUT2D eigenvalue weighted by molar-refractivity contribution is -0.157. The molecule has 6 heteroatoms. The molecule has 0 radical (unpaired) electrons. The summed E-state index contributed by atoms with van der Waals surface area (Å²) in [7, 11) is 0. The molecule has 1 saturated heterocycles. The third kappa shape index (κ3) is 2.69. The van der Waals surface area contributed by atoms with Crippen molar-refractivity contribution < 1.29 is 9.59 Å². The van der Waals surface area contributed by atoms with Gasteiger partial charge in [0.2, 0.25) is 5.91 Å². The van der Waals surface area contributed by atoms with Gasteiger partial charge in [0.15, 0.2) is 0 Å². The molecule has 1 N–H and O–H groups in total. The molecule has 0 bridgehead atoms. The number of carbonyl (C=O) groups excluding carboxylic acids is 2. The maximum atomic E-state index is 13.1. The Morgan fingerprint density at radius 1 is 1.07 bits per heavy atom. The van der Waals surface area contributed by atoms with Gasteiger partial charge in [0.25, 0.3) is 5.91 Å². The molecule has 1 atom stereocenters. The summed E-state index contributed by atoms with van der Waals surface area (Å²) in [6.45, 7) is 2.44. The second-order valence-electron chi connectivity index (χ2n) is 7.42. The lowest BCUT2D eigenvalue weighted by Crippen LogP contribution is -2.60. The number of aryl methyl sites for hydroxylation is 1. The molecule has 2 aliphatic heterocycles. The fraction of sp³-hybridized carbons (Fsp3) is 0.227. The number of aromatic amines is 1. The third-order valence-electron chi connectivity index (χ3n) is 5.57. The molecular weight excluding hydrogens is 352 g/mol. The molecule has 3 heterocycles. The number of rotatable bonds is 2. The minimum Gasteiger partial charge on any atom is -0.357 e. The lowest BCUT2D eigenvalue weighted by Gasteiger charge is -2.40. The van der Waals surface area contributed by atoms with Crippen molar-refractivity contribution in [3.63, 3.8) is 0 Å². The van der Waals surface area contributed by atoms with Crippen molar-refractivity contribution in [1.29, 1.82) is 0 Å². The van der Waals surface area contributed by atoms with Gasteiger partial charge in [-0.2, -0.15) is 5.10 Å². The number of fused-ring (bicyclic) bond motifs is 4. The first kappa shape index (κ1) is 16.7. The van der Waals surface area contributed by atoms with E-state index in [1.165, 1.54) is 5.01 Å². The quantitative estimate of drug-likeness (QED) is 0.703. The standard InChI is InChI=1S/C22H20N4O2/c1-14-6-8-15(9-7-14)11-23-26-13-21(27)25-12-19-17(10-20(25)22(26)28)16-4-2-3-5-18(16)24-19/h2-9,11,20,24H,10,12-13H2,1H3/b23-11-/t20-/m1/s1. The molecule has 2 amide bonds. The van der Waals surface area contributed by atoms with Crippen molar-refractivity contribution in [2.24, 2.45) is 5.10 Å². The van der Waals surface area contributed by atoms with Crippen LogP contribution < -0.4 is 0 Å². The van der Waals surface area contributed by atoms with Crippen molar-refractivity contribution in [3.8, 4) is 0 Å². The highest BCUT2D eigenvalue weighted by atomic mass is 16.2. The third-order valence-corrected chi connectivity index (χ3v) is 5.57. The van der Waals surface area contributed by atoms with E-state index < -0.39 is 6.04 Å². The SMILES string of the molecule is Cc1ccc(/C=N\N2CC(=O)N3Cc4[nH]c5ccccc5c4C[C@@H]3C2=O)cc1. The first-order valence-corrected chi connectivity index (χ1v) is 9.40. The van der Waals surface area contributed by atoms with Crippen LogP contribution in [0.3, 0.4) is 0 Å². The number of benzene rings is 2. The normalized spacial score (nSPS) is 19.4. The average Bonchev–Trinajstić information content (AvgIpc) is 3.07. The number of hydrogen-bond acceptors (Lipinski definition) is 3. The molecular formula is C22H20N4O2. The van der Waals surface area contributed by atoms with Crippen molar-refractivity contribution in [2.75, 3.05) is 6.54 Å². The number of nitrogens with one attached hydrogen (secondary N) is 1. The molecule has 0 unspecified atom stereocenters. The zero-order valence-electron chi connectivity index (χ0n) is 15.6. The van der Waals surface area contributed by atoms with Gasteiger partial charge >= 0.3 is 0 Å². The summed E-state index contributed by atoms with van der Waals surface area (Å²) in [5, 5.41) is 6.75. The van der Waals surface area contributed by atoms with Crippen molar-refractivity contribution >= 4 is 28.9 Å². The lowest BCUT2D eigenvalue weighted by atomic mass is 9.94. The Balaban J connectivity index is 1.44. The number of carbonyl (C=O) groups is 2. The Kier molecular flexibility index (Phi) is 3.79. The first-order chi connectivity index (χ1) is 13.6. The summed E-state index contributed by atoms with van der Waals surface area (Å²) in [5.41, 5.74) is 5.25. The summed E-state index contributed by atoms with van der Waals surface area (Å²) >= 11 is 0. The van der Waals surface area contributed by atoms with Gasteiger partial charge in [-0.1, -0.05) is 48.0 Å². The molecule has 1 fully saturated rings. The largest absolute Gasteiger partial charge is 0.357 e. The van der Waals surface area contributed by atoms with Crippen LogP contribution in [0.5, 0.6) is 0 Å². The highest BCUT2D eigenvalue weighted by Crippen LogP contribution is 2.32. The fourth-order valence-electron chi connectivity index (χ4n) is 4.05. The van der Waals surface area contributed by atoms with Gasteiger partial charge in [0, 0.05) is 23.0 Å². The van der Waals surface area contributed by atoms with E-state index in [0.717, 1.165) is 33.3 Å². The Morgan fingerprint density at radius 2 is 1.86 bits per heavy atom. The van der Waals surface area contributed by atoms with Gasteiger partial charge in [-0.25, -0.2) is 5.01 Å². The zero-order valence-corrected chi connectivity index (χ0v) is 15.6. The van der Waals surface area contributed by atoms with Crippen LogP contribution >= 0.6 is 0 Å². The Bertz CT molecular complexity index is 1110. The van der Waals surface area contributed by atoms with E-state index in [2.05, 4.69) is 16.2 Å². The van der Waals surface area contributed by atoms with E-state index in [4.69, 9.17) is 0 Å². The predicted octanol–water partition coefficient (Wildman–Crippen LogP) is 2.61. The van der Waals surface area contributed by atoms with E-state index in [9.17, 15) is 9.59 Å². The summed E-state index contributed by atoms with van der Waals surface area (Å²) in [6.07, 6.45) is 2.15. The summed E-state index contributed by atoms with van der Waals surface area (Å²) in [4.78, 5) is 30.8. The highest BCUT2D eigenvalue weighted by molar-refractivity contribution is 5.97. The maximum Gasteiger partial charge on any atom is 0.266 e. The maximum absolute atomic E-state index is 13.1. The van der Waals surface area contributed by atoms with Gasteiger partial charge < -0.3 is 9.88 Å². The summed E-state index contributed by atoms with van der Waals surface area (Å²) < 4.78 is 0. The van der Waals surface area contributed by atoms with Crippen LogP contribution in [-0.4, -0.2) is 45.5 Å². The van der Waals surface area contributed by atoms with Crippen molar-refractivity contribution in [3.05, 3.63) is 70.9 Å². The van der Waals surface area contributed by atoms with E-state index >= 15 is 0 Å². The highest BCUT2D eigenvalue weighted by Gasteiger charge is 2.43. The van der Waals surface area contributed by atoms with Crippen LogP contribution in [0.1, 0.15) is 22.4 Å². The van der Waals surface area contributed by atoms with Gasteiger partial charge in [-0.15, -0.1) is 0 Å². The number of nitrogens with zero attached hydrogens (tertiary/aromatic N) is 3. The predicted molar refractivity (Wildman–Crippen MR) is 107 cm³/mol. The number of aromatic nitrogens is 1. The molecule has 0 saturated carbocycles. The number of hydrogen-bond donors (Lipinski definition) is 1. The fourth-order valence-corrected chi connectivity index (χ4v) is 4.05. The minimum atomic E-state index is -0.497. The monoisotopic (exact) mass is 372 g/mol. The van der Waals surface area contributed by atoms with Crippen LogP contribution in [0, 0.1) is 6.92 Å². The van der Waals surface area contributed by atoms with Crippen LogP contribution in [0.25, 0.3) is 10.9 Å². The number of hydrazone groups is 1. The molecule has 2 aliphatic rings. The molecule has 0 aliphatic carbocycles. The Labute approximate surface area is 162 Å². The van der Waals surface area contributed by atoms with Crippen LogP contribution in [0.4, 0.5) is 0 Å². The molecule has 0 spiro atoms. The van der Waals surface area contributed by atoms with Gasteiger partial charge in [0.1, 0.15) is 12.6 Å². The second-order valence-corrected chi connectivity index (χ2v) is 7.42. The van der Waals surface area contributed by atoms with E-state index in [1.807, 2.05) is 49.4 Å². The molecule has 5 rings (SSSR count). The number of para-hydroxylation sites is 1. The average molecular weight is 372 g/mol. The zero-order chi connectivity index (χ0) is 19.3. The summed E-state index contributed by atoms with van der Waals surface area (Å²) in [6, 6.07) is 15.4. The number of piperazine rings is 1. The van der Waals surface area contributed by atoms with Crippen LogP contribution in [0.15, 0.2) is 53.6 Å². The van der Waals surface area contributed by atoms with E-state index in [0.29, 0.717) is 13.0 Å². The topological polar surface area (TPSA) is 68.8 Å². The van der Waals surface area contributed by atoms with Gasteiger partial charge in [-0.3, -0.25) is 9.59 Å².